The molecule has 3 rings (SSSR count). The summed E-state index contributed by atoms with van der Waals surface area (Å²) in [7, 11) is 1.61. The van der Waals surface area contributed by atoms with Crippen LogP contribution in [0.5, 0.6) is 0 Å². The highest BCUT2D eigenvalue weighted by Gasteiger charge is 2.30. The van der Waals surface area contributed by atoms with Gasteiger partial charge in [-0.25, -0.2) is 9.37 Å². The minimum absolute atomic E-state index is 0.00986. The van der Waals surface area contributed by atoms with Crippen molar-refractivity contribution in [3.05, 3.63) is 35.8 Å². The van der Waals surface area contributed by atoms with Gasteiger partial charge in [-0.05, 0) is 38.3 Å². The summed E-state index contributed by atoms with van der Waals surface area (Å²) in [5.41, 5.74) is 5.52. The SMILES string of the molecule is CN=C(C(C=N)NC(=O)c1nc(-c2ccccc2F)sc1N)N1CCC[C@@](C)(O)CC1. The molecule has 1 fully saturated rings. The summed E-state index contributed by atoms with van der Waals surface area (Å²) >= 11 is 1.03. The predicted octanol–water partition coefficient (Wildman–Crippen LogP) is 2.54. The quantitative estimate of drug-likeness (QED) is 0.415. The van der Waals surface area contributed by atoms with Crippen LogP contribution < -0.4 is 11.1 Å². The first-order valence-electron chi connectivity index (χ1n) is 10.0. The molecule has 166 valence electrons. The minimum atomic E-state index is -0.779. The molecule has 0 aliphatic carbocycles. The molecule has 0 saturated carbocycles. The molecule has 5 N–H and O–H groups in total. The maximum atomic E-state index is 14.1. The maximum Gasteiger partial charge on any atom is 0.273 e. The van der Waals surface area contributed by atoms with E-state index in [2.05, 4.69) is 15.3 Å². The number of carbonyl (C=O) groups is 1. The largest absolute Gasteiger partial charge is 0.390 e. The van der Waals surface area contributed by atoms with Crippen molar-refractivity contribution in [3.8, 4) is 10.6 Å². The number of aromatic nitrogens is 1. The van der Waals surface area contributed by atoms with Crippen LogP contribution in [0.4, 0.5) is 9.39 Å². The van der Waals surface area contributed by atoms with E-state index in [-0.39, 0.29) is 16.3 Å². The summed E-state index contributed by atoms with van der Waals surface area (Å²) in [4.78, 5) is 23.4. The van der Waals surface area contributed by atoms with Crippen molar-refractivity contribution in [1.29, 1.82) is 5.41 Å². The second-order valence-corrected chi connectivity index (χ2v) is 8.78. The van der Waals surface area contributed by atoms with Gasteiger partial charge in [-0.15, -0.1) is 0 Å². The Kier molecular flexibility index (Phi) is 7.01. The molecular formula is C21H27FN6O2S. The standard InChI is InChI=1S/C21H27FN6O2S/c1-21(30)8-5-10-28(11-9-21)18(25-2)15(12-23)26-19(29)16-17(24)31-20(27-16)13-6-3-4-7-14(13)22/h3-4,6-7,12,15,23,30H,5,8-11,24H2,1-2H3,(H,26,29)/t15?,21-/m1/s1. The van der Waals surface area contributed by atoms with Crippen LogP contribution in [0.1, 0.15) is 36.7 Å². The summed E-state index contributed by atoms with van der Waals surface area (Å²) in [6.45, 7) is 3.04. The lowest BCUT2D eigenvalue weighted by atomic mass is 9.98. The van der Waals surface area contributed by atoms with Gasteiger partial charge >= 0.3 is 0 Å². The highest BCUT2D eigenvalue weighted by Crippen LogP contribution is 2.31. The summed E-state index contributed by atoms with van der Waals surface area (Å²) in [5, 5.41) is 21.4. The number of nitrogens with zero attached hydrogens (tertiary/aromatic N) is 3. The van der Waals surface area contributed by atoms with E-state index >= 15 is 0 Å². The minimum Gasteiger partial charge on any atom is -0.390 e. The number of carbonyl (C=O) groups excluding carboxylic acids is 1. The Morgan fingerprint density at radius 2 is 2.19 bits per heavy atom. The topological polar surface area (TPSA) is 128 Å². The van der Waals surface area contributed by atoms with Gasteiger partial charge in [-0.2, -0.15) is 0 Å². The van der Waals surface area contributed by atoms with Crippen LogP contribution in [0.25, 0.3) is 10.6 Å². The fourth-order valence-electron chi connectivity index (χ4n) is 3.60. The summed E-state index contributed by atoms with van der Waals surface area (Å²) < 4.78 is 14.1. The Bertz CT molecular complexity index is 990. The van der Waals surface area contributed by atoms with Crippen molar-refractivity contribution >= 4 is 34.3 Å². The summed E-state index contributed by atoms with van der Waals surface area (Å²) in [6.07, 6.45) is 3.12. The second-order valence-electron chi connectivity index (χ2n) is 7.75. The smallest absolute Gasteiger partial charge is 0.273 e. The third kappa shape index (κ3) is 5.26. The number of hydrogen-bond acceptors (Lipinski definition) is 7. The predicted molar refractivity (Wildman–Crippen MR) is 121 cm³/mol. The van der Waals surface area contributed by atoms with E-state index in [1.165, 1.54) is 6.07 Å². The lowest BCUT2D eigenvalue weighted by Crippen LogP contribution is -2.50. The normalized spacial score (nSPS) is 20.8. The van der Waals surface area contributed by atoms with Gasteiger partial charge in [0.15, 0.2) is 5.69 Å². The highest BCUT2D eigenvalue weighted by atomic mass is 32.1. The van der Waals surface area contributed by atoms with E-state index in [9.17, 15) is 14.3 Å². The number of rotatable bonds is 5. The van der Waals surface area contributed by atoms with Gasteiger partial charge in [-0.1, -0.05) is 23.5 Å². The van der Waals surface area contributed by atoms with Gasteiger partial charge in [0.2, 0.25) is 0 Å². The number of nitrogens with two attached hydrogens (primary N) is 1. The van der Waals surface area contributed by atoms with E-state index in [0.717, 1.165) is 24.0 Å². The Morgan fingerprint density at radius 3 is 2.87 bits per heavy atom. The van der Waals surface area contributed by atoms with Crippen LogP contribution in [-0.4, -0.2) is 64.7 Å². The van der Waals surface area contributed by atoms with Crippen LogP contribution in [0.15, 0.2) is 29.3 Å². The molecule has 31 heavy (non-hydrogen) atoms. The second kappa shape index (κ2) is 9.52. The fourth-order valence-corrected chi connectivity index (χ4v) is 4.46. The van der Waals surface area contributed by atoms with E-state index < -0.39 is 23.4 Å². The number of amides is 1. The van der Waals surface area contributed by atoms with Gasteiger partial charge in [0.1, 0.15) is 27.7 Å². The number of nitrogens with one attached hydrogen (secondary N) is 2. The average molecular weight is 447 g/mol. The van der Waals surface area contributed by atoms with Crippen LogP contribution in [0, 0.1) is 11.2 Å². The molecule has 8 nitrogen and oxygen atoms in total. The van der Waals surface area contributed by atoms with Crippen molar-refractivity contribution in [2.24, 2.45) is 4.99 Å². The molecule has 1 aliphatic heterocycles. The van der Waals surface area contributed by atoms with Gasteiger partial charge in [0, 0.05) is 31.9 Å². The Hall–Kier alpha value is -2.85. The van der Waals surface area contributed by atoms with Gasteiger partial charge in [0.25, 0.3) is 5.91 Å². The molecule has 0 radical (unpaired) electrons. The lowest BCUT2D eigenvalue weighted by Gasteiger charge is -2.29. The van der Waals surface area contributed by atoms with Crippen LogP contribution >= 0.6 is 11.3 Å². The zero-order valence-corrected chi connectivity index (χ0v) is 18.4. The molecule has 2 aromatic rings. The van der Waals surface area contributed by atoms with Crippen molar-refractivity contribution in [2.45, 2.75) is 37.8 Å². The molecule has 1 unspecified atom stereocenters. The van der Waals surface area contributed by atoms with Crippen LogP contribution in [0.3, 0.4) is 0 Å². The third-order valence-electron chi connectivity index (χ3n) is 5.32. The monoisotopic (exact) mass is 446 g/mol. The molecule has 1 aromatic carbocycles. The number of aliphatic hydroxyl groups is 1. The number of benzene rings is 1. The number of likely N-dealkylation sites (tertiary alicyclic amines) is 1. The van der Waals surface area contributed by atoms with Gasteiger partial charge in [0.05, 0.1) is 5.60 Å². The first-order chi connectivity index (χ1) is 14.8. The molecular weight excluding hydrogens is 419 g/mol. The molecule has 10 heteroatoms. The molecule has 1 saturated heterocycles. The zero-order chi connectivity index (χ0) is 22.6. The number of aliphatic imine (C=N–C) groups is 1. The van der Waals surface area contributed by atoms with Gasteiger partial charge in [-0.3, -0.25) is 9.79 Å². The van der Waals surface area contributed by atoms with E-state index in [4.69, 9.17) is 11.1 Å². The molecule has 0 spiro atoms. The van der Waals surface area contributed by atoms with E-state index in [1.54, 1.807) is 25.2 Å². The zero-order valence-electron chi connectivity index (χ0n) is 17.6. The van der Waals surface area contributed by atoms with Crippen LogP contribution in [0.2, 0.25) is 0 Å². The Labute approximate surface area is 184 Å². The van der Waals surface area contributed by atoms with Crippen molar-refractivity contribution in [1.82, 2.24) is 15.2 Å². The summed E-state index contributed by atoms with van der Waals surface area (Å²) in [5.74, 6) is -0.477. The number of thiazole rings is 1. The lowest BCUT2D eigenvalue weighted by molar-refractivity contribution is 0.0462. The number of halogens is 1. The molecule has 0 bridgehead atoms. The van der Waals surface area contributed by atoms with Crippen molar-refractivity contribution in [2.75, 3.05) is 25.9 Å². The van der Waals surface area contributed by atoms with Crippen molar-refractivity contribution < 1.29 is 14.3 Å². The van der Waals surface area contributed by atoms with Crippen molar-refractivity contribution in [3.63, 3.8) is 0 Å². The third-order valence-corrected chi connectivity index (χ3v) is 6.24. The maximum absolute atomic E-state index is 14.1. The Balaban J connectivity index is 1.78. The summed E-state index contributed by atoms with van der Waals surface area (Å²) in [6, 6.07) is 5.38. The number of hydrogen-bond donors (Lipinski definition) is 4. The fraction of sp³-hybridized carbons (Fsp3) is 0.429. The van der Waals surface area contributed by atoms with Gasteiger partial charge < -0.3 is 26.5 Å². The first-order valence-corrected chi connectivity index (χ1v) is 10.8. The average Bonchev–Trinajstić information content (AvgIpc) is 3.03. The first kappa shape index (κ1) is 22.8. The Morgan fingerprint density at radius 1 is 1.45 bits per heavy atom. The van der Waals surface area contributed by atoms with E-state index in [1.807, 2.05) is 11.8 Å². The molecule has 1 amide bonds. The molecule has 2 heterocycles. The highest BCUT2D eigenvalue weighted by molar-refractivity contribution is 7.19. The molecule has 2 atom stereocenters. The number of amidine groups is 1. The van der Waals surface area contributed by atoms with Crippen LogP contribution in [-0.2, 0) is 0 Å². The number of anilines is 1. The van der Waals surface area contributed by atoms with E-state index in [0.29, 0.717) is 36.8 Å². The molecule has 1 aromatic heterocycles. The molecule has 1 aliphatic rings. The number of nitrogen functional groups attached to an aromatic ring is 1.